The van der Waals surface area contributed by atoms with Crippen molar-refractivity contribution in [3.63, 3.8) is 0 Å². The van der Waals surface area contributed by atoms with E-state index in [0.717, 1.165) is 35.5 Å². The molecule has 8 heteroatoms. The van der Waals surface area contributed by atoms with Crippen LogP contribution in [0.4, 0.5) is 0 Å². The van der Waals surface area contributed by atoms with Crippen LogP contribution < -0.4 is 16.0 Å². The summed E-state index contributed by atoms with van der Waals surface area (Å²) in [6.07, 6.45) is 2.05. The highest BCUT2D eigenvalue weighted by Crippen LogP contribution is 2.28. The summed E-state index contributed by atoms with van der Waals surface area (Å²) in [6, 6.07) is 10.3. The van der Waals surface area contributed by atoms with Gasteiger partial charge in [0.15, 0.2) is 5.96 Å². The number of aromatic nitrogens is 2. The minimum Gasteiger partial charge on any atom is -0.355 e. The lowest BCUT2D eigenvalue weighted by Gasteiger charge is -2.15. The summed E-state index contributed by atoms with van der Waals surface area (Å²) in [7, 11) is 1.74. The van der Waals surface area contributed by atoms with E-state index in [0.29, 0.717) is 25.6 Å². The molecule has 28 heavy (non-hydrogen) atoms. The number of carbonyl (C=O) groups is 1. The largest absolute Gasteiger partial charge is 0.355 e. The molecule has 1 heterocycles. The number of para-hydroxylation sites is 1. The van der Waals surface area contributed by atoms with Gasteiger partial charge in [0.1, 0.15) is 0 Å². The molecule has 1 aliphatic carbocycles. The second kappa shape index (κ2) is 10.4. The Labute approximate surface area is 183 Å². The predicted octanol–water partition coefficient (Wildman–Crippen LogP) is 2.30. The number of amides is 1. The Morgan fingerprint density at radius 3 is 2.54 bits per heavy atom. The van der Waals surface area contributed by atoms with E-state index in [1.807, 2.05) is 23.7 Å². The van der Waals surface area contributed by atoms with Gasteiger partial charge >= 0.3 is 0 Å². The molecule has 3 N–H and O–H groups in total. The van der Waals surface area contributed by atoms with E-state index in [4.69, 9.17) is 0 Å². The number of rotatable bonds is 7. The van der Waals surface area contributed by atoms with Crippen LogP contribution in [-0.2, 0) is 11.3 Å². The Bertz CT molecular complexity index is 828. The van der Waals surface area contributed by atoms with E-state index in [1.54, 1.807) is 7.05 Å². The lowest BCUT2D eigenvalue weighted by molar-refractivity contribution is -0.122. The highest BCUT2D eigenvalue weighted by Gasteiger charge is 2.28. The maximum absolute atomic E-state index is 11.6. The van der Waals surface area contributed by atoms with Crippen LogP contribution in [0, 0.1) is 19.8 Å². The molecule has 1 aromatic carbocycles. The number of hydrogen-bond acceptors (Lipinski definition) is 3. The van der Waals surface area contributed by atoms with Gasteiger partial charge in [-0.15, -0.1) is 24.0 Å². The molecule has 0 radical (unpaired) electrons. The van der Waals surface area contributed by atoms with Crippen LogP contribution in [0.15, 0.2) is 35.3 Å². The molecule has 0 atom stereocenters. The van der Waals surface area contributed by atoms with Crippen molar-refractivity contribution >= 4 is 35.8 Å². The summed E-state index contributed by atoms with van der Waals surface area (Å²) >= 11 is 0. The number of guanidine groups is 1. The average molecular weight is 496 g/mol. The van der Waals surface area contributed by atoms with Gasteiger partial charge in [-0.25, -0.2) is 4.68 Å². The third-order valence-corrected chi connectivity index (χ3v) is 4.56. The Hall–Kier alpha value is -2.10. The van der Waals surface area contributed by atoms with Crippen molar-refractivity contribution in [1.29, 1.82) is 0 Å². The fourth-order valence-corrected chi connectivity index (χ4v) is 3.00. The van der Waals surface area contributed by atoms with E-state index in [1.165, 1.54) is 0 Å². The topological polar surface area (TPSA) is 83.3 Å². The molecule has 152 valence electrons. The fraction of sp³-hybridized carbons (Fsp3) is 0.450. The molecule has 0 spiro atoms. The van der Waals surface area contributed by atoms with Crippen LogP contribution in [0.5, 0.6) is 0 Å². The molecule has 1 saturated carbocycles. The normalized spacial score (nSPS) is 13.6. The van der Waals surface area contributed by atoms with E-state index in [-0.39, 0.29) is 35.8 Å². The van der Waals surface area contributed by atoms with E-state index < -0.39 is 0 Å². The molecule has 1 amide bonds. The van der Waals surface area contributed by atoms with Crippen molar-refractivity contribution in [1.82, 2.24) is 25.7 Å². The zero-order valence-electron chi connectivity index (χ0n) is 16.7. The Morgan fingerprint density at radius 2 is 1.89 bits per heavy atom. The number of aryl methyl sites for hydroxylation is 2. The zero-order chi connectivity index (χ0) is 19.2. The molecule has 2 aromatic rings. The van der Waals surface area contributed by atoms with Crippen molar-refractivity contribution in [2.24, 2.45) is 10.9 Å². The maximum Gasteiger partial charge on any atom is 0.223 e. The van der Waals surface area contributed by atoms with Gasteiger partial charge in [-0.3, -0.25) is 9.79 Å². The lowest BCUT2D eigenvalue weighted by atomic mass is 10.1. The Morgan fingerprint density at radius 1 is 1.18 bits per heavy atom. The first kappa shape index (κ1) is 22.2. The van der Waals surface area contributed by atoms with Gasteiger partial charge in [-0.1, -0.05) is 18.2 Å². The number of aliphatic imine (C=N–C) groups is 1. The summed E-state index contributed by atoms with van der Waals surface area (Å²) in [5, 5.41) is 14.1. The van der Waals surface area contributed by atoms with Crippen molar-refractivity contribution in [3.05, 3.63) is 47.3 Å². The van der Waals surface area contributed by atoms with Gasteiger partial charge in [0, 0.05) is 38.3 Å². The van der Waals surface area contributed by atoms with Crippen LogP contribution in [0.1, 0.15) is 29.8 Å². The first-order valence-electron chi connectivity index (χ1n) is 9.42. The molecule has 0 unspecified atom stereocenters. The third-order valence-electron chi connectivity index (χ3n) is 4.56. The monoisotopic (exact) mass is 496 g/mol. The van der Waals surface area contributed by atoms with Gasteiger partial charge in [-0.05, 0) is 44.4 Å². The molecule has 0 bridgehead atoms. The van der Waals surface area contributed by atoms with Crippen LogP contribution in [0.3, 0.4) is 0 Å². The van der Waals surface area contributed by atoms with Gasteiger partial charge in [0.05, 0.1) is 11.4 Å². The van der Waals surface area contributed by atoms with Gasteiger partial charge in [-0.2, -0.15) is 5.10 Å². The summed E-state index contributed by atoms with van der Waals surface area (Å²) < 4.78 is 1.97. The first-order valence-corrected chi connectivity index (χ1v) is 9.42. The molecule has 0 saturated heterocycles. The molecule has 7 nitrogen and oxygen atoms in total. The zero-order valence-corrected chi connectivity index (χ0v) is 19.0. The van der Waals surface area contributed by atoms with Crippen LogP contribution in [0.25, 0.3) is 5.69 Å². The number of halogens is 1. The van der Waals surface area contributed by atoms with Crippen LogP contribution in [-0.4, -0.2) is 41.8 Å². The molecule has 1 aromatic heterocycles. The predicted molar refractivity (Wildman–Crippen MR) is 122 cm³/mol. The number of nitrogens with one attached hydrogen (secondary N) is 3. The summed E-state index contributed by atoms with van der Waals surface area (Å²) in [6.45, 7) is 5.91. The average Bonchev–Trinajstić information content (AvgIpc) is 3.46. The highest BCUT2D eigenvalue weighted by molar-refractivity contribution is 14.0. The van der Waals surface area contributed by atoms with E-state index >= 15 is 0 Å². The molecular formula is C20H29IN6O. The Balaban J connectivity index is 0.00000280. The maximum atomic E-state index is 11.6. The summed E-state index contributed by atoms with van der Waals surface area (Å²) in [5.74, 6) is 1.12. The SMILES string of the molecule is CN=C(NCCNC(=O)C1CC1)NCc1ccccc1-n1nc(C)cc1C.I. The third kappa shape index (κ3) is 5.95. The number of nitrogens with zero attached hydrogens (tertiary/aromatic N) is 3. The number of benzene rings is 1. The van der Waals surface area contributed by atoms with Crippen molar-refractivity contribution in [3.8, 4) is 5.69 Å². The quantitative estimate of drug-likeness (QED) is 0.238. The Kier molecular flexibility index (Phi) is 8.28. The molecular weight excluding hydrogens is 467 g/mol. The lowest BCUT2D eigenvalue weighted by Crippen LogP contribution is -2.41. The van der Waals surface area contributed by atoms with Crippen LogP contribution in [0.2, 0.25) is 0 Å². The number of carbonyl (C=O) groups excluding carboxylic acids is 1. The highest BCUT2D eigenvalue weighted by atomic mass is 127. The van der Waals surface area contributed by atoms with Crippen molar-refractivity contribution in [2.45, 2.75) is 33.2 Å². The van der Waals surface area contributed by atoms with E-state index in [9.17, 15) is 4.79 Å². The first-order chi connectivity index (χ1) is 13.1. The second-order valence-corrected chi connectivity index (χ2v) is 6.89. The van der Waals surface area contributed by atoms with Crippen molar-refractivity contribution < 1.29 is 4.79 Å². The second-order valence-electron chi connectivity index (χ2n) is 6.89. The fourth-order valence-electron chi connectivity index (χ4n) is 3.00. The standard InChI is InChI=1S/C20H28N6O.HI/c1-14-12-15(2)26(25-14)18-7-5-4-6-17(18)13-24-20(21-3)23-11-10-22-19(27)16-8-9-16;/h4-7,12,16H,8-11,13H2,1-3H3,(H,22,27)(H2,21,23,24);1H. The summed E-state index contributed by atoms with van der Waals surface area (Å²) in [4.78, 5) is 15.9. The minimum absolute atomic E-state index is 0. The number of hydrogen-bond donors (Lipinski definition) is 3. The van der Waals surface area contributed by atoms with Crippen LogP contribution >= 0.6 is 24.0 Å². The van der Waals surface area contributed by atoms with Gasteiger partial charge in [0.25, 0.3) is 0 Å². The van der Waals surface area contributed by atoms with Gasteiger partial charge in [0.2, 0.25) is 5.91 Å². The van der Waals surface area contributed by atoms with E-state index in [2.05, 4.69) is 51.2 Å². The van der Waals surface area contributed by atoms with Gasteiger partial charge < -0.3 is 16.0 Å². The minimum atomic E-state index is 0. The summed E-state index contributed by atoms with van der Waals surface area (Å²) in [5.41, 5.74) is 4.30. The molecule has 1 fully saturated rings. The molecule has 3 rings (SSSR count). The molecule has 1 aliphatic rings. The molecule has 0 aliphatic heterocycles. The smallest absolute Gasteiger partial charge is 0.223 e. The van der Waals surface area contributed by atoms with Crippen molar-refractivity contribution in [2.75, 3.05) is 20.1 Å².